The highest BCUT2D eigenvalue weighted by atomic mass is 35.5. The molecule has 0 unspecified atom stereocenters. The molecule has 1 amide bonds. The fourth-order valence-electron chi connectivity index (χ4n) is 3.20. The first-order chi connectivity index (χ1) is 12.1. The average molecular weight is 361 g/mol. The zero-order valence-electron chi connectivity index (χ0n) is 14.0. The number of ketones is 1. The number of hydrogen-bond donors (Lipinski definition) is 0. The number of aromatic nitrogens is 1. The quantitative estimate of drug-likeness (QED) is 0.792. The molecule has 0 aliphatic carbocycles. The van der Waals surface area contributed by atoms with Gasteiger partial charge in [-0.3, -0.25) is 9.59 Å². The predicted octanol–water partition coefficient (Wildman–Crippen LogP) is 3.31. The molecule has 0 saturated carbocycles. The Labute approximate surface area is 151 Å². The van der Waals surface area contributed by atoms with Crippen molar-refractivity contribution in [2.45, 2.75) is 32.1 Å². The molecule has 1 saturated heterocycles. The molecule has 1 aliphatic heterocycles. The number of carbonyl (C=O) groups excluding carboxylic acids is 2. The molecule has 1 atom stereocenters. The number of carbonyl (C=O) groups is 2. The number of rotatable bonds is 6. The Morgan fingerprint density at radius 2 is 2.08 bits per heavy atom. The molecule has 0 N–H and O–H groups in total. The van der Waals surface area contributed by atoms with Crippen molar-refractivity contribution < 1.29 is 14.1 Å². The van der Waals surface area contributed by atoms with Gasteiger partial charge in [-0.2, -0.15) is 0 Å². The highest BCUT2D eigenvalue weighted by Gasteiger charge is 2.28. The van der Waals surface area contributed by atoms with Crippen LogP contribution in [0, 0.1) is 5.92 Å². The van der Waals surface area contributed by atoms with Crippen molar-refractivity contribution in [2.24, 2.45) is 5.92 Å². The molecule has 1 fully saturated rings. The highest BCUT2D eigenvalue weighted by molar-refractivity contribution is 6.29. The first-order valence-corrected chi connectivity index (χ1v) is 8.95. The Kier molecular flexibility index (Phi) is 5.87. The Hall–Kier alpha value is -2.14. The minimum absolute atomic E-state index is 0.0460. The third kappa shape index (κ3) is 4.92. The van der Waals surface area contributed by atoms with Gasteiger partial charge in [0.15, 0.2) is 5.15 Å². The minimum Gasteiger partial charge on any atom is -0.360 e. The topological polar surface area (TPSA) is 63.4 Å². The van der Waals surface area contributed by atoms with E-state index in [4.69, 9.17) is 16.1 Å². The number of nitrogens with zero attached hydrogens (tertiary/aromatic N) is 2. The molecule has 25 heavy (non-hydrogen) atoms. The van der Waals surface area contributed by atoms with Crippen LogP contribution >= 0.6 is 11.6 Å². The summed E-state index contributed by atoms with van der Waals surface area (Å²) in [5, 5.41) is 3.90. The van der Waals surface area contributed by atoms with Crippen molar-refractivity contribution in [3.05, 3.63) is 52.9 Å². The SMILES string of the molecule is O=C(Cc1ccccc1)[C@@H]1CCCN(C(=O)CCc2cc(Cl)no2)C1. The van der Waals surface area contributed by atoms with Crippen LogP contribution in [-0.4, -0.2) is 34.8 Å². The molecule has 132 valence electrons. The summed E-state index contributed by atoms with van der Waals surface area (Å²) in [5.41, 5.74) is 1.03. The van der Waals surface area contributed by atoms with E-state index in [0.717, 1.165) is 18.4 Å². The van der Waals surface area contributed by atoms with Crippen LogP contribution in [0.4, 0.5) is 0 Å². The second-order valence-electron chi connectivity index (χ2n) is 6.42. The van der Waals surface area contributed by atoms with Crippen LogP contribution in [0.5, 0.6) is 0 Å². The molecule has 5 nitrogen and oxygen atoms in total. The lowest BCUT2D eigenvalue weighted by atomic mass is 9.90. The largest absolute Gasteiger partial charge is 0.360 e. The van der Waals surface area contributed by atoms with Gasteiger partial charge in [0, 0.05) is 44.3 Å². The van der Waals surface area contributed by atoms with Crippen LogP contribution in [-0.2, 0) is 22.4 Å². The van der Waals surface area contributed by atoms with Gasteiger partial charge in [-0.15, -0.1) is 0 Å². The average Bonchev–Trinajstić information content (AvgIpc) is 3.06. The number of halogens is 1. The second kappa shape index (κ2) is 8.30. The molecule has 0 radical (unpaired) electrons. The van der Waals surface area contributed by atoms with Crippen LogP contribution < -0.4 is 0 Å². The van der Waals surface area contributed by atoms with Crippen LogP contribution in [0.3, 0.4) is 0 Å². The summed E-state index contributed by atoms with van der Waals surface area (Å²) >= 11 is 5.71. The molecule has 3 rings (SSSR count). The molecule has 1 aliphatic rings. The lowest BCUT2D eigenvalue weighted by Gasteiger charge is -2.32. The van der Waals surface area contributed by atoms with Crippen molar-refractivity contribution in [2.75, 3.05) is 13.1 Å². The van der Waals surface area contributed by atoms with Gasteiger partial charge in [-0.05, 0) is 18.4 Å². The zero-order valence-corrected chi connectivity index (χ0v) is 14.7. The number of hydrogen-bond acceptors (Lipinski definition) is 4. The van der Waals surface area contributed by atoms with Gasteiger partial charge in [0.1, 0.15) is 11.5 Å². The van der Waals surface area contributed by atoms with Gasteiger partial charge >= 0.3 is 0 Å². The zero-order chi connectivity index (χ0) is 17.6. The maximum atomic E-state index is 12.5. The van der Waals surface area contributed by atoms with Crippen molar-refractivity contribution >= 4 is 23.3 Å². The number of amides is 1. The number of likely N-dealkylation sites (tertiary alicyclic amines) is 1. The number of aryl methyl sites for hydroxylation is 1. The highest BCUT2D eigenvalue weighted by Crippen LogP contribution is 2.20. The molecule has 1 aromatic carbocycles. The summed E-state index contributed by atoms with van der Waals surface area (Å²) in [7, 11) is 0. The van der Waals surface area contributed by atoms with E-state index in [2.05, 4.69) is 5.16 Å². The normalized spacial score (nSPS) is 17.5. The van der Waals surface area contributed by atoms with E-state index in [1.54, 1.807) is 11.0 Å². The molecule has 2 aromatic rings. The van der Waals surface area contributed by atoms with Crippen LogP contribution in [0.25, 0.3) is 0 Å². The standard InChI is InChI=1S/C19H21ClN2O3/c20-18-12-16(25-21-18)8-9-19(24)22-10-4-7-15(13-22)17(23)11-14-5-2-1-3-6-14/h1-3,5-6,12,15H,4,7-11,13H2/t15-/m1/s1. The maximum Gasteiger partial charge on any atom is 0.223 e. The van der Waals surface area contributed by atoms with E-state index < -0.39 is 0 Å². The van der Waals surface area contributed by atoms with E-state index in [1.807, 2.05) is 30.3 Å². The van der Waals surface area contributed by atoms with Gasteiger partial charge < -0.3 is 9.42 Å². The third-order valence-corrected chi connectivity index (χ3v) is 4.74. The van der Waals surface area contributed by atoms with Gasteiger partial charge in [-0.1, -0.05) is 47.1 Å². The fraction of sp³-hybridized carbons (Fsp3) is 0.421. The van der Waals surface area contributed by atoms with Crippen molar-refractivity contribution in [3.63, 3.8) is 0 Å². The molecular weight excluding hydrogens is 340 g/mol. The lowest BCUT2D eigenvalue weighted by Crippen LogP contribution is -2.42. The monoisotopic (exact) mass is 360 g/mol. The van der Waals surface area contributed by atoms with Crippen molar-refractivity contribution in [3.8, 4) is 0 Å². The summed E-state index contributed by atoms with van der Waals surface area (Å²) in [6, 6.07) is 11.4. The number of benzene rings is 1. The Bertz CT molecular complexity index is 729. The number of piperidine rings is 1. The van der Waals surface area contributed by atoms with E-state index in [9.17, 15) is 9.59 Å². The Morgan fingerprint density at radius 3 is 2.80 bits per heavy atom. The first kappa shape index (κ1) is 17.7. The molecule has 1 aromatic heterocycles. The summed E-state index contributed by atoms with van der Waals surface area (Å²) in [5.74, 6) is 0.792. The number of Topliss-reactive ketones (excluding diaryl/α,β-unsaturated/α-hetero) is 1. The third-order valence-electron chi connectivity index (χ3n) is 4.57. The van der Waals surface area contributed by atoms with Gasteiger partial charge in [0.25, 0.3) is 0 Å². The van der Waals surface area contributed by atoms with E-state index >= 15 is 0 Å². The Balaban J connectivity index is 1.51. The van der Waals surface area contributed by atoms with Crippen LogP contribution in [0.2, 0.25) is 5.15 Å². The van der Waals surface area contributed by atoms with Crippen LogP contribution in [0.15, 0.2) is 40.9 Å². The summed E-state index contributed by atoms with van der Waals surface area (Å²) in [4.78, 5) is 26.8. The van der Waals surface area contributed by atoms with E-state index in [0.29, 0.717) is 43.3 Å². The summed E-state index contributed by atoms with van der Waals surface area (Å²) in [6.07, 6.45) is 2.96. The smallest absolute Gasteiger partial charge is 0.223 e. The summed E-state index contributed by atoms with van der Waals surface area (Å²) < 4.78 is 5.02. The second-order valence-corrected chi connectivity index (χ2v) is 6.81. The molecular formula is C19H21ClN2O3. The van der Waals surface area contributed by atoms with E-state index in [1.165, 1.54) is 0 Å². The Morgan fingerprint density at radius 1 is 1.28 bits per heavy atom. The predicted molar refractivity (Wildman–Crippen MR) is 94.3 cm³/mol. The summed E-state index contributed by atoms with van der Waals surface area (Å²) in [6.45, 7) is 1.23. The maximum absolute atomic E-state index is 12.5. The molecule has 0 spiro atoms. The molecule has 6 heteroatoms. The lowest BCUT2D eigenvalue weighted by molar-refractivity contribution is -0.135. The van der Waals surface area contributed by atoms with E-state index in [-0.39, 0.29) is 17.6 Å². The van der Waals surface area contributed by atoms with Gasteiger partial charge in [0.05, 0.1) is 0 Å². The van der Waals surface area contributed by atoms with Gasteiger partial charge in [0.2, 0.25) is 5.91 Å². The first-order valence-electron chi connectivity index (χ1n) is 8.57. The molecule has 0 bridgehead atoms. The van der Waals surface area contributed by atoms with Crippen LogP contribution in [0.1, 0.15) is 30.6 Å². The fourth-order valence-corrected chi connectivity index (χ4v) is 3.36. The molecule has 2 heterocycles. The van der Waals surface area contributed by atoms with Gasteiger partial charge in [-0.25, -0.2) is 0 Å². The van der Waals surface area contributed by atoms with Crippen molar-refractivity contribution in [1.29, 1.82) is 0 Å². The minimum atomic E-state index is -0.0716. The van der Waals surface area contributed by atoms with Crippen molar-refractivity contribution in [1.82, 2.24) is 10.1 Å².